The van der Waals surface area contributed by atoms with E-state index in [2.05, 4.69) is 6.58 Å². The lowest BCUT2D eigenvalue weighted by Crippen LogP contribution is -2.17. The lowest BCUT2D eigenvalue weighted by atomic mass is 9.72. The Morgan fingerprint density at radius 3 is 1.69 bits per heavy atom. The molecule has 0 aromatic heterocycles. The number of epoxide rings is 3. The maximum absolute atomic E-state index is 12.8. The topological polar surface area (TPSA) is 163 Å². The fraction of sp³-hybridized carbons (Fsp3) is 0.381. The first kappa shape index (κ1) is 40.1. The Bertz CT molecular complexity index is 1740. The van der Waals surface area contributed by atoms with Crippen molar-refractivity contribution in [2.75, 3.05) is 46.2 Å². The van der Waals surface area contributed by atoms with Gasteiger partial charge >= 0.3 is 23.9 Å². The Labute approximate surface area is 314 Å². The maximum Gasteiger partial charge on any atom is 0.338 e. The molecular weight excluding hydrogens is 696 g/mol. The first-order valence-electron chi connectivity index (χ1n) is 17.9. The number of hydrogen-bond acceptors (Lipinski definition) is 12. The lowest BCUT2D eigenvalue weighted by molar-refractivity contribution is -0.143. The first-order chi connectivity index (χ1) is 26.1. The van der Waals surface area contributed by atoms with Crippen molar-refractivity contribution in [3.63, 3.8) is 0 Å². The molecular formula is C42H46O12. The minimum Gasteiger partial charge on any atom is -0.463 e. The summed E-state index contributed by atoms with van der Waals surface area (Å²) in [6.45, 7) is 9.63. The predicted molar refractivity (Wildman–Crippen MR) is 197 cm³/mol. The average Bonchev–Trinajstić information content (AvgIpc) is 4.01. The Hall–Kier alpha value is -5.14. The molecule has 54 heavy (non-hydrogen) atoms. The molecule has 0 aliphatic carbocycles. The van der Waals surface area contributed by atoms with Crippen molar-refractivity contribution in [3.8, 4) is 0 Å². The van der Waals surface area contributed by atoms with E-state index in [1.54, 1.807) is 48.6 Å². The van der Waals surface area contributed by atoms with Crippen LogP contribution in [0.2, 0.25) is 0 Å². The number of carbonyl (C=O) groups is 4. The van der Waals surface area contributed by atoms with Crippen LogP contribution in [-0.2, 0) is 42.7 Å². The molecule has 2 aromatic rings. The third-order valence-electron chi connectivity index (χ3n) is 8.65. The van der Waals surface area contributed by atoms with Crippen molar-refractivity contribution < 1.29 is 57.4 Å². The lowest BCUT2D eigenvalue weighted by Gasteiger charge is -2.31. The largest absolute Gasteiger partial charge is 0.463 e. The molecule has 0 amide bonds. The second-order valence-electron chi connectivity index (χ2n) is 13.0. The fourth-order valence-corrected chi connectivity index (χ4v) is 5.51. The van der Waals surface area contributed by atoms with Crippen LogP contribution in [0.5, 0.6) is 0 Å². The number of aliphatic hydroxyl groups excluding tert-OH is 1. The molecule has 0 spiro atoms. The van der Waals surface area contributed by atoms with Crippen molar-refractivity contribution in [1.29, 1.82) is 0 Å². The van der Waals surface area contributed by atoms with E-state index in [0.717, 1.165) is 16.7 Å². The van der Waals surface area contributed by atoms with Crippen LogP contribution in [0.4, 0.5) is 0 Å². The van der Waals surface area contributed by atoms with E-state index in [4.69, 9.17) is 33.2 Å². The van der Waals surface area contributed by atoms with Crippen LogP contribution in [0.1, 0.15) is 63.9 Å². The normalized spacial score (nSPS) is 20.8. The Balaban J connectivity index is 1.51. The number of esters is 4. The maximum atomic E-state index is 12.8. The van der Waals surface area contributed by atoms with Crippen molar-refractivity contribution in [3.05, 3.63) is 131 Å². The number of benzene rings is 2. The number of hydrogen-bond donors (Lipinski definition) is 1. The summed E-state index contributed by atoms with van der Waals surface area (Å²) in [5, 5.41) is 9.52. The molecule has 5 rings (SSSR count). The summed E-state index contributed by atoms with van der Waals surface area (Å²) in [6, 6.07) is 14.1. The highest BCUT2D eigenvalue weighted by atomic mass is 16.6. The van der Waals surface area contributed by atoms with Crippen molar-refractivity contribution >= 4 is 23.9 Å². The smallest absolute Gasteiger partial charge is 0.338 e. The zero-order chi connectivity index (χ0) is 38.5. The minimum atomic E-state index is -0.809. The van der Waals surface area contributed by atoms with Gasteiger partial charge in [-0.1, -0.05) is 67.3 Å². The van der Waals surface area contributed by atoms with E-state index in [1.165, 1.54) is 13.0 Å². The van der Waals surface area contributed by atoms with E-state index in [0.29, 0.717) is 36.5 Å². The number of allylic oxidation sites excluding steroid dienone is 7. The Morgan fingerprint density at radius 2 is 1.24 bits per heavy atom. The molecule has 3 aliphatic rings. The highest BCUT2D eigenvalue weighted by Gasteiger charge is 2.31. The molecule has 3 heterocycles. The van der Waals surface area contributed by atoms with Gasteiger partial charge in [0, 0.05) is 17.9 Å². The second-order valence-corrected chi connectivity index (χ2v) is 13.0. The third-order valence-corrected chi connectivity index (χ3v) is 8.65. The van der Waals surface area contributed by atoms with Gasteiger partial charge in [0.2, 0.25) is 0 Å². The quantitative estimate of drug-likeness (QED) is 0.0594. The van der Waals surface area contributed by atoms with E-state index < -0.39 is 35.8 Å². The minimum absolute atomic E-state index is 0.0289. The molecule has 12 heteroatoms. The zero-order valence-corrected chi connectivity index (χ0v) is 30.4. The van der Waals surface area contributed by atoms with Crippen molar-refractivity contribution in [2.45, 2.75) is 56.5 Å². The number of aliphatic hydroxyl groups is 1. The van der Waals surface area contributed by atoms with Crippen LogP contribution in [0, 0.1) is 0 Å². The van der Waals surface area contributed by atoms with Crippen molar-refractivity contribution in [1.82, 2.24) is 0 Å². The van der Waals surface area contributed by atoms with Crippen LogP contribution in [0.15, 0.2) is 109 Å². The SMILES string of the molecule is C=C/C(=C\C=C\C(=O)OCC(C)O)C(c1ccc(C(=O)OCC2CO2)cc1)C(C(/C=C\CC(=O)OCC1CO1)=C/C)c1ccc(C(=O)OCC2CO2)cc1. The number of rotatable bonds is 21. The van der Waals surface area contributed by atoms with Gasteiger partial charge in [-0.25, -0.2) is 14.4 Å². The summed E-state index contributed by atoms with van der Waals surface area (Å²) in [7, 11) is 0. The van der Waals surface area contributed by atoms with Gasteiger partial charge in [-0.3, -0.25) is 4.79 Å². The van der Waals surface area contributed by atoms with E-state index in [-0.39, 0.29) is 57.1 Å². The molecule has 2 aromatic carbocycles. The molecule has 12 nitrogen and oxygen atoms in total. The first-order valence-corrected chi connectivity index (χ1v) is 17.9. The molecule has 0 radical (unpaired) electrons. The predicted octanol–water partition coefficient (Wildman–Crippen LogP) is 5.09. The van der Waals surface area contributed by atoms with Gasteiger partial charge in [0.05, 0.1) is 43.5 Å². The van der Waals surface area contributed by atoms with Gasteiger partial charge in [-0.15, -0.1) is 0 Å². The van der Waals surface area contributed by atoms with Crippen molar-refractivity contribution in [2.24, 2.45) is 0 Å². The molecule has 3 aliphatic heterocycles. The summed E-state index contributed by atoms with van der Waals surface area (Å²) in [6.07, 6.45) is 10.8. The molecule has 0 bridgehead atoms. The van der Waals surface area contributed by atoms with Gasteiger partial charge in [0.25, 0.3) is 0 Å². The highest BCUT2D eigenvalue weighted by molar-refractivity contribution is 5.90. The molecule has 3 saturated heterocycles. The Morgan fingerprint density at radius 1 is 0.759 bits per heavy atom. The zero-order valence-electron chi connectivity index (χ0n) is 30.4. The van der Waals surface area contributed by atoms with Gasteiger partial charge in [0.15, 0.2) is 0 Å². The van der Waals surface area contributed by atoms with Gasteiger partial charge < -0.3 is 38.3 Å². The summed E-state index contributed by atoms with van der Waals surface area (Å²) >= 11 is 0. The fourth-order valence-electron chi connectivity index (χ4n) is 5.51. The average molecular weight is 743 g/mol. The van der Waals surface area contributed by atoms with E-state index >= 15 is 0 Å². The van der Waals surface area contributed by atoms with Gasteiger partial charge in [0.1, 0.15) is 44.7 Å². The van der Waals surface area contributed by atoms with Crippen LogP contribution in [0.25, 0.3) is 0 Å². The van der Waals surface area contributed by atoms with Crippen LogP contribution in [-0.4, -0.2) is 99.6 Å². The molecule has 3 fully saturated rings. The van der Waals surface area contributed by atoms with Crippen LogP contribution >= 0.6 is 0 Å². The van der Waals surface area contributed by atoms with Crippen LogP contribution in [0.3, 0.4) is 0 Å². The standard InChI is InChI=1S/C42H46O12/c1-4-28(8-6-10-37(44)51-20-27(3)43)39(30-12-16-32(17-13-30)41(46)53-25-35-22-49-35)40(29(5-2)9-7-11-38(45)52-24-34-21-48-34)31-14-18-33(19-15-31)42(47)54-26-36-23-50-36/h4-10,12-19,27,34-36,39-40,43H,1,11,20-26H2,2-3H3/b9-7-,10-6+,28-8+,29-5+. The van der Waals surface area contributed by atoms with Gasteiger partial charge in [-0.2, -0.15) is 0 Å². The summed E-state index contributed by atoms with van der Waals surface area (Å²) in [5.74, 6) is -2.89. The monoisotopic (exact) mass is 742 g/mol. The van der Waals surface area contributed by atoms with Crippen LogP contribution < -0.4 is 0 Å². The third kappa shape index (κ3) is 12.8. The van der Waals surface area contributed by atoms with E-state index in [9.17, 15) is 24.3 Å². The molecule has 6 atom stereocenters. The number of carbonyl (C=O) groups excluding carboxylic acids is 4. The summed E-state index contributed by atoms with van der Waals surface area (Å²) in [5.41, 5.74) is 3.86. The summed E-state index contributed by atoms with van der Waals surface area (Å²) in [4.78, 5) is 50.5. The Kier molecular flexibility index (Phi) is 14.7. The molecule has 286 valence electrons. The number of ether oxygens (including phenoxy) is 7. The highest BCUT2D eigenvalue weighted by Crippen LogP contribution is 2.44. The second kappa shape index (κ2) is 19.8. The molecule has 1 N–H and O–H groups in total. The van der Waals surface area contributed by atoms with Gasteiger partial charge in [-0.05, 0) is 60.4 Å². The molecule has 6 unspecified atom stereocenters. The van der Waals surface area contributed by atoms with E-state index in [1.807, 2.05) is 43.3 Å². The molecule has 0 saturated carbocycles. The summed E-state index contributed by atoms with van der Waals surface area (Å²) < 4.78 is 36.6.